The maximum absolute atomic E-state index is 12.1. The topological polar surface area (TPSA) is 84.6 Å². The molecule has 0 atom stereocenters. The van der Waals surface area contributed by atoms with E-state index in [2.05, 4.69) is 23.5 Å². The molecule has 1 amide bonds. The summed E-state index contributed by atoms with van der Waals surface area (Å²) in [4.78, 5) is 12.1. The van der Waals surface area contributed by atoms with Gasteiger partial charge in [-0.1, -0.05) is 48.5 Å². The highest BCUT2D eigenvalue weighted by Crippen LogP contribution is 2.32. The van der Waals surface area contributed by atoms with E-state index >= 15 is 0 Å². The number of primary amides is 1. The molecule has 1 fully saturated rings. The van der Waals surface area contributed by atoms with Crippen LogP contribution in [0.1, 0.15) is 47.2 Å². The minimum Gasteiger partial charge on any atom is -0.496 e. The number of benzene rings is 3. The molecule has 0 unspecified atom stereocenters. The van der Waals surface area contributed by atoms with Crippen LogP contribution < -0.4 is 15.8 Å². The molecule has 0 aliphatic heterocycles. The number of carbonyl (C=O) groups excluding carboxylic acids is 1. The molecule has 1 aliphatic carbocycles. The Kier molecular flexibility index (Phi) is 6.76. The van der Waals surface area contributed by atoms with E-state index in [9.17, 15) is 9.90 Å². The number of amides is 1. The van der Waals surface area contributed by atoms with E-state index in [1.165, 1.54) is 5.56 Å². The van der Waals surface area contributed by atoms with E-state index < -0.39 is 5.91 Å². The lowest BCUT2D eigenvalue weighted by atomic mass is 9.91. The van der Waals surface area contributed by atoms with Crippen LogP contribution in [0.5, 0.6) is 5.75 Å². The summed E-state index contributed by atoms with van der Waals surface area (Å²) in [7, 11) is 1.69. The van der Waals surface area contributed by atoms with E-state index in [-0.39, 0.29) is 12.1 Å². The van der Waals surface area contributed by atoms with Crippen molar-refractivity contribution in [2.45, 2.75) is 44.2 Å². The van der Waals surface area contributed by atoms with Crippen LogP contribution in [0.4, 0.5) is 5.69 Å². The maximum atomic E-state index is 12.1. The Morgan fingerprint density at radius 3 is 2.41 bits per heavy atom. The standard InChI is InChI=1S/C27H30N2O3/c1-32-26-9-5-3-7-20(26)16-18-6-2-4-8-23(18)19-10-15-24(27(28)31)25(17-19)29-21-11-13-22(30)14-12-21/h2-10,15,17,21-22,29-30H,11-14,16H2,1H3,(H2,28,31). The molecule has 3 aromatic carbocycles. The molecular formula is C27H30N2O3. The molecule has 32 heavy (non-hydrogen) atoms. The largest absolute Gasteiger partial charge is 0.496 e. The van der Waals surface area contributed by atoms with Crippen LogP contribution in [0.15, 0.2) is 66.7 Å². The number of aliphatic hydroxyl groups is 1. The van der Waals surface area contributed by atoms with Crippen molar-refractivity contribution in [3.05, 3.63) is 83.4 Å². The van der Waals surface area contributed by atoms with Crippen LogP contribution in [0.2, 0.25) is 0 Å². The first-order chi connectivity index (χ1) is 15.5. The van der Waals surface area contributed by atoms with Crippen LogP contribution in [-0.2, 0) is 6.42 Å². The van der Waals surface area contributed by atoms with Gasteiger partial charge in [0.1, 0.15) is 5.75 Å². The van der Waals surface area contributed by atoms with E-state index in [1.54, 1.807) is 13.2 Å². The third kappa shape index (κ3) is 4.94. The monoisotopic (exact) mass is 430 g/mol. The summed E-state index contributed by atoms with van der Waals surface area (Å²) >= 11 is 0. The molecule has 4 rings (SSSR count). The lowest BCUT2D eigenvalue weighted by molar-refractivity contribution is 0.100. The van der Waals surface area contributed by atoms with Gasteiger partial charge in [-0.25, -0.2) is 0 Å². The number of methoxy groups -OCH3 is 1. The molecule has 5 nitrogen and oxygen atoms in total. The van der Waals surface area contributed by atoms with E-state index in [0.717, 1.165) is 60.2 Å². The Balaban J connectivity index is 1.67. The Morgan fingerprint density at radius 2 is 1.69 bits per heavy atom. The van der Waals surface area contributed by atoms with Crippen molar-refractivity contribution in [1.82, 2.24) is 0 Å². The van der Waals surface area contributed by atoms with Crippen LogP contribution >= 0.6 is 0 Å². The molecule has 1 aliphatic rings. The molecule has 0 bridgehead atoms. The zero-order chi connectivity index (χ0) is 22.5. The van der Waals surface area contributed by atoms with Crippen LogP contribution in [0.25, 0.3) is 11.1 Å². The van der Waals surface area contributed by atoms with Gasteiger partial charge in [-0.05, 0) is 66.1 Å². The fourth-order valence-electron chi connectivity index (χ4n) is 4.50. The van der Waals surface area contributed by atoms with Gasteiger partial charge in [0.15, 0.2) is 0 Å². The van der Waals surface area contributed by atoms with Crippen molar-refractivity contribution in [2.75, 3.05) is 12.4 Å². The van der Waals surface area contributed by atoms with E-state index in [4.69, 9.17) is 10.5 Å². The van der Waals surface area contributed by atoms with Gasteiger partial charge in [0.05, 0.1) is 18.8 Å². The first-order valence-corrected chi connectivity index (χ1v) is 11.1. The van der Waals surface area contributed by atoms with Gasteiger partial charge in [0, 0.05) is 18.2 Å². The highest BCUT2D eigenvalue weighted by molar-refractivity contribution is 5.99. The lowest BCUT2D eigenvalue weighted by Gasteiger charge is -2.28. The molecule has 1 saturated carbocycles. The van der Waals surface area contributed by atoms with Crippen LogP contribution in [0, 0.1) is 0 Å². The predicted molar refractivity (Wildman–Crippen MR) is 128 cm³/mol. The second-order valence-corrected chi connectivity index (χ2v) is 8.42. The van der Waals surface area contributed by atoms with Gasteiger partial charge in [0.2, 0.25) is 0 Å². The Bertz CT molecular complexity index is 1090. The maximum Gasteiger partial charge on any atom is 0.250 e. The number of para-hydroxylation sites is 1. The third-order valence-electron chi connectivity index (χ3n) is 6.24. The van der Waals surface area contributed by atoms with Crippen molar-refractivity contribution in [2.24, 2.45) is 5.73 Å². The number of carbonyl (C=O) groups is 1. The van der Waals surface area contributed by atoms with Gasteiger partial charge in [0.25, 0.3) is 5.91 Å². The van der Waals surface area contributed by atoms with Gasteiger partial charge in [-0.2, -0.15) is 0 Å². The normalized spacial score (nSPS) is 18.2. The molecule has 5 heteroatoms. The highest BCUT2D eigenvalue weighted by Gasteiger charge is 2.21. The van der Waals surface area contributed by atoms with Crippen LogP contribution in [0.3, 0.4) is 0 Å². The summed E-state index contributed by atoms with van der Waals surface area (Å²) in [5.74, 6) is 0.422. The molecule has 166 valence electrons. The molecule has 0 spiro atoms. The fourth-order valence-corrected chi connectivity index (χ4v) is 4.50. The predicted octanol–water partition coefficient (Wildman–Crippen LogP) is 4.77. The molecule has 4 N–H and O–H groups in total. The zero-order valence-electron chi connectivity index (χ0n) is 18.4. The lowest BCUT2D eigenvalue weighted by Crippen LogP contribution is -2.29. The first kappa shape index (κ1) is 21.9. The van der Waals surface area contributed by atoms with Gasteiger partial charge in [-0.15, -0.1) is 0 Å². The van der Waals surface area contributed by atoms with Gasteiger partial charge >= 0.3 is 0 Å². The number of ether oxygens (including phenoxy) is 1. The minimum absolute atomic E-state index is 0.218. The van der Waals surface area contributed by atoms with E-state index in [1.807, 2.05) is 42.5 Å². The minimum atomic E-state index is -0.447. The van der Waals surface area contributed by atoms with Gasteiger partial charge < -0.3 is 20.9 Å². The number of aliphatic hydroxyl groups excluding tert-OH is 1. The second kappa shape index (κ2) is 9.88. The summed E-state index contributed by atoms with van der Waals surface area (Å²) in [5, 5.41) is 13.3. The Hall–Kier alpha value is -3.31. The molecule has 0 heterocycles. The molecule has 3 aromatic rings. The number of nitrogens with one attached hydrogen (secondary N) is 1. The summed E-state index contributed by atoms with van der Waals surface area (Å²) in [6.45, 7) is 0. The van der Waals surface area contributed by atoms with Crippen molar-refractivity contribution in [1.29, 1.82) is 0 Å². The number of hydrogen-bond acceptors (Lipinski definition) is 4. The fraction of sp³-hybridized carbons (Fsp3) is 0.296. The third-order valence-corrected chi connectivity index (χ3v) is 6.24. The highest BCUT2D eigenvalue weighted by atomic mass is 16.5. The Morgan fingerprint density at radius 1 is 1.00 bits per heavy atom. The summed E-state index contributed by atoms with van der Waals surface area (Å²) < 4.78 is 5.54. The molecule has 0 radical (unpaired) electrons. The van der Waals surface area contributed by atoms with Gasteiger partial charge in [-0.3, -0.25) is 4.79 Å². The summed E-state index contributed by atoms with van der Waals surface area (Å²) in [6.07, 6.45) is 3.79. The number of rotatable bonds is 7. The quantitative estimate of drug-likeness (QED) is 0.504. The number of hydrogen-bond donors (Lipinski definition) is 3. The first-order valence-electron chi connectivity index (χ1n) is 11.1. The number of nitrogens with two attached hydrogens (primary N) is 1. The molecule has 0 saturated heterocycles. The second-order valence-electron chi connectivity index (χ2n) is 8.42. The smallest absolute Gasteiger partial charge is 0.250 e. The average Bonchev–Trinajstić information content (AvgIpc) is 2.81. The van der Waals surface area contributed by atoms with E-state index in [0.29, 0.717) is 5.56 Å². The van der Waals surface area contributed by atoms with Crippen molar-refractivity contribution in [3.63, 3.8) is 0 Å². The molecule has 0 aromatic heterocycles. The van der Waals surface area contributed by atoms with Crippen molar-refractivity contribution >= 4 is 11.6 Å². The molecular weight excluding hydrogens is 400 g/mol. The SMILES string of the molecule is COc1ccccc1Cc1ccccc1-c1ccc(C(N)=O)c(NC2CCC(O)CC2)c1. The summed E-state index contributed by atoms with van der Waals surface area (Å²) in [5.41, 5.74) is 11.3. The number of anilines is 1. The average molecular weight is 431 g/mol. The van der Waals surface area contributed by atoms with Crippen molar-refractivity contribution in [3.8, 4) is 16.9 Å². The Labute approximate surface area is 189 Å². The summed E-state index contributed by atoms with van der Waals surface area (Å²) in [6, 6.07) is 22.3. The zero-order valence-corrected chi connectivity index (χ0v) is 18.4. The van der Waals surface area contributed by atoms with Crippen LogP contribution in [-0.4, -0.2) is 30.3 Å². The van der Waals surface area contributed by atoms with Crippen molar-refractivity contribution < 1.29 is 14.6 Å².